The number of aliphatic hydroxyl groups is 1. The zero-order valence-electron chi connectivity index (χ0n) is 5.05. The molecule has 0 saturated carbocycles. The molecule has 0 bridgehead atoms. The molecule has 0 radical (unpaired) electrons. The minimum absolute atomic E-state index is 0. The van der Waals surface area contributed by atoms with Crippen LogP contribution in [0.2, 0.25) is 0 Å². The molecule has 0 unspecified atom stereocenters. The van der Waals surface area contributed by atoms with Crippen LogP contribution in [0, 0.1) is 46.0 Å². The van der Waals surface area contributed by atoms with Gasteiger partial charge in [0, 0.05) is 0 Å². The maximum atomic E-state index is 9.02. The number of carbonyl (C=O) groups excluding carboxylic acids is 1. The van der Waals surface area contributed by atoms with Crippen LogP contribution in [0.5, 0.6) is 0 Å². The molecule has 0 atom stereocenters. The fourth-order valence-corrected chi connectivity index (χ4v) is 0.0304. The molecule has 8 heavy (non-hydrogen) atoms. The summed E-state index contributed by atoms with van der Waals surface area (Å²) in [6.45, 7) is -0.344. The van der Waals surface area contributed by atoms with Gasteiger partial charge in [0.1, 0.15) is 0 Å². The van der Waals surface area contributed by atoms with Gasteiger partial charge in [0.25, 0.3) is 6.47 Å². The molecule has 3 nitrogen and oxygen atoms in total. The van der Waals surface area contributed by atoms with Gasteiger partial charge in [-0.15, -0.1) is 0 Å². The van der Waals surface area contributed by atoms with Gasteiger partial charge >= 0.3 is 31.1 Å². The Balaban J connectivity index is -0.0000000267. The Bertz CT molecular complexity index is 32.5. The van der Waals surface area contributed by atoms with Crippen LogP contribution in [0.1, 0.15) is 0 Å². The van der Waals surface area contributed by atoms with Crippen molar-refractivity contribution in [1.29, 1.82) is 0 Å². The summed E-state index contributed by atoms with van der Waals surface area (Å²) in [5.74, 6) is 0. The Morgan fingerprint density at radius 3 is 1.88 bits per heavy atom. The van der Waals surface area contributed by atoms with Gasteiger partial charge in [-0.3, -0.25) is 4.79 Å². The van der Waals surface area contributed by atoms with E-state index >= 15 is 0 Å². The van der Waals surface area contributed by atoms with Crippen molar-refractivity contribution in [2.24, 2.45) is 0 Å². The van der Waals surface area contributed by atoms with Crippen LogP contribution in [0.25, 0.3) is 0 Å². The van der Waals surface area contributed by atoms with Gasteiger partial charge in [-0.25, -0.2) is 0 Å². The first-order valence-electron chi connectivity index (χ1n) is 1.08. The topological polar surface area (TPSA) is 46.5 Å². The summed E-state index contributed by atoms with van der Waals surface area (Å²) in [4.78, 5) is 9.02. The van der Waals surface area contributed by atoms with Gasteiger partial charge in [0.2, 0.25) is 0 Å². The van der Waals surface area contributed by atoms with Gasteiger partial charge in [-0.2, -0.15) is 0 Å². The normalized spacial score (nSPS) is 4.12. The average molecular weight is 344 g/mol. The van der Waals surface area contributed by atoms with Crippen molar-refractivity contribution < 1.29 is 45.8 Å². The first-order valence-corrected chi connectivity index (χ1v) is 1.08. The molecule has 0 aromatic heterocycles. The zero-order chi connectivity index (χ0) is 4.12. The van der Waals surface area contributed by atoms with E-state index in [4.69, 9.17) is 9.90 Å². The molecular formula is C4H10O3U. The smallest absolute Gasteiger partial charge is 0.441 e. The van der Waals surface area contributed by atoms with Crippen molar-refractivity contribution >= 4 is 6.47 Å². The molecule has 0 aliphatic rings. The third-order valence-corrected chi connectivity index (χ3v) is 0.143. The molecule has 0 aliphatic carbocycles. The second-order valence-corrected chi connectivity index (χ2v) is 0.392. The second kappa shape index (κ2) is 25.9. The molecule has 0 spiro atoms. The van der Waals surface area contributed by atoms with Crippen molar-refractivity contribution in [2.45, 2.75) is 0 Å². The number of carbonyl (C=O) groups is 1. The zero-order valence-corrected chi connectivity index (χ0v) is 9.21. The quantitative estimate of drug-likeness (QED) is 0.436. The standard InChI is InChI=1S/C2H4O3.2CH3.U/c3-1-5-2-4;;;/h1,4H,2H2;2*1H3;/q;2*-1;+2. The van der Waals surface area contributed by atoms with E-state index in [2.05, 4.69) is 4.74 Å². The van der Waals surface area contributed by atoms with Crippen molar-refractivity contribution in [1.82, 2.24) is 0 Å². The van der Waals surface area contributed by atoms with Crippen LogP contribution < -0.4 is 0 Å². The van der Waals surface area contributed by atoms with Crippen LogP contribution in [0.4, 0.5) is 0 Å². The Kier molecular flexibility index (Phi) is 76.6. The van der Waals surface area contributed by atoms with Gasteiger partial charge in [-0.05, 0) is 0 Å². The van der Waals surface area contributed by atoms with Gasteiger partial charge < -0.3 is 24.7 Å². The molecule has 0 aromatic rings. The van der Waals surface area contributed by atoms with Crippen molar-refractivity contribution in [2.75, 3.05) is 6.79 Å². The van der Waals surface area contributed by atoms with Crippen molar-refractivity contribution in [3.8, 4) is 0 Å². The fraction of sp³-hybridized carbons (Fsp3) is 0.250. The minimum atomic E-state index is -0.524. The molecule has 0 heterocycles. The van der Waals surface area contributed by atoms with Gasteiger partial charge in [0.05, 0.1) is 0 Å². The van der Waals surface area contributed by atoms with Crippen LogP contribution in [-0.4, -0.2) is 18.4 Å². The van der Waals surface area contributed by atoms with Crippen LogP contribution in [0.15, 0.2) is 0 Å². The number of hydrogen-bond donors (Lipinski definition) is 1. The van der Waals surface area contributed by atoms with E-state index in [1.165, 1.54) is 0 Å². The first kappa shape index (κ1) is 23.6. The summed E-state index contributed by atoms with van der Waals surface area (Å²) in [6.07, 6.45) is 0. The molecule has 0 amide bonds. The number of hydrogen-bond acceptors (Lipinski definition) is 3. The number of aliphatic hydroxyl groups excluding tert-OH is 1. The largest absolute Gasteiger partial charge is 2.00 e. The predicted molar refractivity (Wildman–Crippen MR) is 27.1 cm³/mol. The molecule has 0 aliphatic heterocycles. The SMILES string of the molecule is O=COCO.[CH3-].[CH3-].[U+2]. The van der Waals surface area contributed by atoms with Crippen molar-refractivity contribution in [3.63, 3.8) is 0 Å². The fourth-order valence-electron chi connectivity index (χ4n) is 0.0304. The first-order chi connectivity index (χ1) is 2.41. The average Bonchev–Trinajstić information content (AvgIpc) is 1.41. The summed E-state index contributed by atoms with van der Waals surface area (Å²) in [5.41, 5.74) is 0. The molecule has 4 heteroatoms. The van der Waals surface area contributed by atoms with Crippen LogP contribution in [0.3, 0.4) is 0 Å². The van der Waals surface area contributed by atoms with E-state index in [1.54, 1.807) is 0 Å². The Hall–Kier alpha value is 0.482. The summed E-state index contributed by atoms with van der Waals surface area (Å²) >= 11 is 0. The monoisotopic (exact) mass is 344 g/mol. The van der Waals surface area contributed by atoms with Gasteiger partial charge in [-0.1, -0.05) is 0 Å². The van der Waals surface area contributed by atoms with E-state index in [0.29, 0.717) is 0 Å². The Labute approximate surface area is 73.8 Å². The van der Waals surface area contributed by atoms with E-state index in [0.717, 1.165) is 0 Å². The Morgan fingerprint density at radius 1 is 1.50 bits per heavy atom. The number of rotatable bonds is 2. The molecule has 0 fully saturated rings. The second-order valence-electron chi connectivity index (χ2n) is 0.392. The van der Waals surface area contributed by atoms with E-state index in [-0.39, 0.29) is 52.4 Å². The molecule has 0 saturated heterocycles. The maximum Gasteiger partial charge on any atom is 2.00 e. The molecule has 48 valence electrons. The minimum Gasteiger partial charge on any atom is -0.441 e. The third kappa shape index (κ3) is 31.6. The summed E-state index contributed by atoms with van der Waals surface area (Å²) in [5, 5.41) is 7.61. The van der Waals surface area contributed by atoms with E-state index in [1.807, 2.05) is 0 Å². The summed E-state index contributed by atoms with van der Waals surface area (Å²) < 4.78 is 3.71. The molecule has 0 aromatic carbocycles. The van der Waals surface area contributed by atoms with Crippen molar-refractivity contribution in [3.05, 3.63) is 14.9 Å². The van der Waals surface area contributed by atoms with E-state index in [9.17, 15) is 0 Å². The number of ether oxygens (including phenoxy) is 1. The van der Waals surface area contributed by atoms with Crippen LogP contribution in [-0.2, 0) is 9.53 Å². The summed E-state index contributed by atoms with van der Waals surface area (Å²) in [7, 11) is 0. The predicted octanol–water partition coefficient (Wildman–Crippen LogP) is 0.00978. The third-order valence-electron chi connectivity index (χ3n) is 0.143. The Morgan fingerprint density at radius 2 is 1.88 bits per heavy atom. The molecular weight excluding hydrogens is 334 g/mol. The summed E-state index contributed by atoms with van der Waals surface area (Å²) in [6, 6.07) is 0. The van der Waals surface area contributed by atoms with E-state index < -0.39 is 6.79 Å². The molecule has 0 rings (SSSR count). The van der Waals surface area contributed by atoms with Crippen LogP contribution >= 0.6 is 0 Å². The van der Waals surface area contributed by atoms with Gasteiger partial charge in [0.15, 0.2) is 6.79 Å². The maximum absolute atomic E-state index is 9.02. The molecule has 1 N–H and O–H groups in total.